The van der Waals surface area contributed by atoms with Crippen LogP contribution in [-0.4, -0.2) is 30.3 Å². The molecule has 1 unspecified atom stereocenters. The molecular formula is C15H23NO3. The molecule has 0 saturated carbocycles. The van der Waals surface area contributed by atoms with Crippen LogP contribution in [0.3, 0.4) is 0 Å². The molecule has 19 heavy (non-hydrogen) atoms. The summed E-state index contributed by atoms with van der Waals surface area (Å²) in [4.78, 5) is 11.6. The maximum Gasteiger partial charge on any atom is 0.258 e. The van der Waals surface area contributed by atoms with Crippen molar-refractivity contribution >= 4 is 5.91 Å². The number of nitrogens with one attached hydrogen (secondary N) is 1. The van der Waals surface area contributed by atoms with Crippen LogP contribution in [0.25, 0.3) is 0 Å². The Hall–Kier alpha value is -1.55. The van der Waals surface area contributed by atoms with E-state index in [4.69, 9.17) is 9.84 Å². The molecule has 0 heterocycles. The fraction of sp³-hybridized carbons (Fsp3) is 0.533. The van der Waals surface area contributed by atoms with Gasteiger partial charge in [-0.25, -0.2) is 0 Å². The van der Waals surface area contributed by atoms with Gasteiger partial charge in [0.2, 0.25) is 0 Å². The van der Waals surface area contributed by atoms with Crippen LogP contribution in [0, 0.1) is 0 Å². The van der Waals surface area contributed by atoms with Gasteiger partial charge in [-0.2, -0.15) is 0 Å². The molecule has 0 radical (unpaired) electrons. The van der Waals surface area contributed by atoms with Crippen LogP contribution in [0.15, 0.2) is 24.3 Å². The van der Waals surface area contributed by atoms with Crippen LogP contribution in [0.5, 0.6) is 5.75 Å². The van der Waals surface area contributed by atoms with E-state index in [1.807, 2.05) is 31.2 Å². The molecule has 4 nitrogen and oxygen atoms in total. The van der Waals surface area contributed by atoms with Gasteiger partial charge in [-0.3, -0.25) is 4.79 Å². The molecule has 0 aliphatic rings. The first kappa shape index (κ1) is 15.5. The Balaban J connectivity index is 2.33. The van der Waals surface area contributed by atoms with Crippen molar-refractivity contribution in [2.24, 2.45) is 0 Å². The number of aryl methyl sites for hydroxylation is 1. The predicted octanol–water partition coefficient (Wildman–Crippen LogP) is 1.90. The molecule has 0 aliphatic carbocycles. The summed E-state index contributed by atoms with van der Waals surface area (Å²) < 4.78 is 5.45. The molecule has 0 aromatic heterocycles. The Morgan fingerprint density at radius 2 is 2.26 bits per heavy atom. The average molecular weight is 265 g/mol. The lowest BCUT2D eigenvalue weighted by atomic mass is 10.2. The lowest BCUT2D eigenvalue weighted by Crippen LogP contribution is -2.36. The van der Waals surface area contributed by atoms with Crippen LogP contribution < -0.4 is 10.1 Å². The highest BCUT2D eigenvalue weighted by Crippen LogP contribution is 2.13. The number of amides is 1. The zero-order chi connectivity index (χ0) is 14.1. The van der Waals surface area contributed by atoms with E-state index in [-0.39, 0.29) is 25.2 Å². The highest BCUT2D eigenvalue weighted by Gasteiger charge is 2.07. The second-order valence-electron chi connectivity index (χ2n) is 4.62. The molecule has 1 rings (SSSR count). The Morgan fingerprint density at radius 1 is 1.47 bits per heavy atom. The third-order valence-corrected chi connectivity index (χ3v) is 2.88. The van der Waals surface area contributed by atoms with Crippen molar-refractivity contribution in [1.29, 1.82) is 0 Å². The second kappa shape index (κ2) is 8.53. The molecule has 0 fully saturated rings. The topological polar surface area (TPSA) is 58.6 Å². The Bertz CT molecular complexity index is 393. The van der Waals surface area contributed by atoms with Crippen molar-refractivity contribution in [1.82, 2.24) is 5.32 Å². The van der Waals surface area contributed by atoms with Gasteiger partial charge in [0.15, 0.2) is 6.61 Å². The van der Waals surface area contributed by atoms with Gasteiger partial charge >= 0.3 is 0 Å². The lowest BCUT2D eigenvalue weighted by molar-refractivity contribution is -0.123. The van der Waals surface area contributed by atoms with Gasteiger partial charge in [-0.05, 0) is 43.9 Å². The molecule has 0 bridgehead atoms. The highest BCUT2D eigenvalue weighted by atomic mass is 16.5. The predicted molar refractivity (Wildman–Crippen MR) is 75.2 cm³/mol. The molecule has 106 valence electrons. The van der Waals surface area contributed by atoms with Gasteiger partial charge in [-0.15, -0.1) is 0 Å². The molecule has 0 saturated heterocycles. The monoisotopic (exact) mass is 265 g/mol. The number of rotatable bonds is 8. The standard InChI is InChI=1S/C15H23NO3/c1-3-13-7-4-8-14(10-13)19-11-15(18)16-12(2)6-5-9-17/h4,7-8,10,12,17H,3,5-6,9,11H2,1-2H3,(H,16,18). The van der Waals surface area contributed by atoms with Gasteiger partial charge in [0.25, 0.3) is 5.91 Å². The fourth-order valence-electron chi connectivity index (χ4n) is 1.79. The van der Waals surface area contributed by atoms with E-state index in [0.717, 1.165) is 18.6 Å². The molecule has 1 aromatic rings. The summed E-state index contributed by atoms with van der Waals surface area (Å²) in [6.07, 6.45) is 2.41. The van der Waals surface area contributed by atoms with Crippen molar-refractivity contribution in [3.63, 3.8) is 0 Å². The minimum atomic E-state index is -0.132. The maximum atomic E-state index is 11.6. The summed E-state index contributed by atoms with van der Waals surface area (Å²) in [6, 6.07) is 7.81. The van der Waals surface area contributed by atoms with Crippen molar-refractivity contribution in [3.8, 4) is 5.75 Å². The minimum absolute atomic E-state index is 0.0244. The summed E-state index contributed by atoms with van der Waals surface area (Å²) in [5.41, 5.74) is 1.19. The van der Waals surface area contributed by atoms with Crippen LogP contribution in [0.2, 0.25) is 0 Å². The number of ether oxygens (including phenoxy) is 1. The van der Waals surface area contributed by atoms with Gasteiger partial charge in [-0.1, -0.05) is 19.1 Å². The quantitative estimate of drug-likeness (QED) is 0.755. The van der Waals surface area contributed by atoms with Crippen LogP contribution in [0.1, 0.15) is 32.3 Å². The van der Waals surface area contributed by atoms with E-state index in [1.54, 1.807) is 0 Å². The van der Waals surface area contributed by atoms with Crippen molar-refractivity contribution < 1.29 is 14.6 Å². The van der Waals surface area contributed by atoms with E-state index >= 15 is 0 Å². The van der Waals surface area contributed by atoms with Gasteiger partial charge < -0.3 is 15.2 Å². The number of benzene rings is 1. The van der Waals surface area contributed by atoms with Gasteiger partial charge in [0.1, 0.15) is 5.75 Å². The first-order valence-electron chi connectivity index (χ1n) is 6.77. The van der Waals surface area contributed by atoms with E-state index in [0.29, 0.717) is 6.42 Å². The van der Waals surface area contributed by atoms with Crippen LogP contribution in [-0.2, 0) is 11.2 Å². The Morgan fingerprint density at radius 3 is 2.95 bits per heavy atom. The molecule has 0 aliphatic heterocycles. The van der Waals surface area contributed by atoms with Crippen molar-refractivity contribution in [3.05, 3.63) is 29.8 Å². The molecule has 4 heteroatoms. The number of carbonyl (C=O) groups is 1. The fourth-order valence-corrected chi connectivity index (χ4v) is 1.79. The first-order valence-corrected chi connectivity index (χ1v) is 6.77. The summed E-state index contributed by atoms with van der Waals surface area (Å²) >= 11 is 0. The molecule has 2 N–H and O–H groups in total. The highest BCUT2D eigenvalue weighted by molar-refractivity contribution is 5.77. The van der Waals surface area contributed by atoms with Gasteiger partial charge in [0.05, 0.1) is 0 Å². The van der Waals surface area contributed by atoms with E-state index in [2.05, 4.69) is 12.2 Å². The summed E-state index contributed by atoms with van der Waals surface area (Å²) in [7, 11) is 0. The summed E-state index contributed by atoms with van der Waals surface area (Å²) in [6.45, 7) is 4.18. The second-order valence-corrected chi connectivity index (χ2v) is 4.62. The molecule has 1 amide bonds. The molecule has 1 atom stereocenters. The first-order chi connectivity index (χ1) is 9.15. The number of hydrogen-bond acceptors (Lipinski definition) is 3. The van der Waals surface area contributed by atoms with E-state index in [1.165, 1.54) is 5.56 Å². The normalized spacial score (nSPS) is 11.9. The van der Waals surface area contributed by atoms with Gasteiger partial charge in [0, 0.05) is 12.6 Å². The minimum Gasteiger partial charge on any atom is -0.484 e. The smallest absolute Gasteiger partial charge is 0.258 e. The summed E-state index contributed by atoms with van der Waals surface area (Å²) in [5, 5.41) is 11.6. The number of aliphatic hydroxyl groups excluding tert-OH is 1. The lowest BCUT2D eigenvalue weighted by Gasteiger charge is -2.13. The SMILES string of the molecule is CCc1cccc(OCC(=O)NC(C)CCCO)c1. The van der Waals surface area contributed by atoms with E-state index < -0.39 is 0 Å². The third-order valence-electron chi connectivity index (χ3n) is 2.88. The van der Waals surface area contributed by atoms with E-state index in [9.17, 15) is 4.79 Å². The maximum absolute atomic E-state index is 11.6. The number of hydrogen-bond donors (Lipinski definition) is 2. The summed E-state index contributed by atoms with van der Waals surface area (Å²) in [5.74, 6) is 0.588. The van der Waals surface area contributed by atoms with Crippen molar-refractivity contribution in [2.75, 3.05) is 13.2 Å². The molecule has 1 aromatic carbocycles. The Labute approximate surface area is 114 Å². The van der Waals surface area contributed by atoms with Crippen LogP contribution in [0.4, 0.5) is 0 Å². The molecular weight excluding hydrogens is 242 g/mol. The number of aliphatic hydroxyl groups is 1. The average Bonchev–Trinajstić information content (AvgIpc) is 2.43. The van der Waals surface area contributed by atoms with Crippen LogP contribution >= 0.6 is 0 Å². The molecule has 0 spiro atoms. The Kier molecular flexibility index (Phi) is 6.97. The third kappa shape index (κ3) is 6.25. The zero-order valence-electron chi connectivity index (χ0n) is 11.7. The largest absolute Gasteiger partial charge is 0.484 e. The zero-order valence-corrected chi connectivity index (χ0v) is 11.7. The number of carbonyl (C=O) groups excluding carboxylic acids is 1. The van der Waals surface area contributed by atoms with Crippen molar-refractivity contribution in [2.45, 2.75) is 39.2 Å².